The van der Waals surface area contributed by atoms with Gasteiger partial charge in [0.2, 0.25) is 0 Å². The van der Waals surface area contributed by atoms with Gasteiger partial charge in [-0.3, -0.25) is 9.78 Å². The number of halogens is 2. The molecular formula is C17H16Br2N4O2. The number of fused-ring (bicyclic) bond motifs is 2. The van der Waals surface area contributed by atoms with Crippen molar-refractivity contribution in [1.29, 1.82) is 0 Å². The van der Waals surface area contributed by atoms with Gasteiger partial charge in [-0.2, -0.15) is 10.2 Å². The molecule has 2 aromatic carbocycles. The van der Waals surface area contributed by atoms with Gasteiger partial charge in [0.15, 0.2) is 0 Å². The molecule has 0 saturated carbocycles. The van der Waals surface area contributed by atoms with Crippen LogP contribution in [0.2, 0.25) is 0 Å². The van der Waals surface area contributed by atoms with Gasteiger partial charge >= 0.3 is 0 Å². The lowest BCUT2D eigenvalue weighted by Gasteiger charge is -2.00. The maximum absolute atomic E-state index is 5.24. The van der Waals surface area contributed by atoms with Crippen LogP contribution in [0.4, 0.5) is 0 Å². The first kappa shape index (κ1) is 17.8. The summed E-state index contributed by atoms with van der Waals surface area (Å²) in [6, 6.07) is 7.78. The SMILES string of the molecule is COc1cc(Br)cc2[nH]ncc12.COc1cc(Br)cc2nn(C)cc12. The van der Waals surface area contributed by atoms with Crippen LogP contribution < -0.4 is 9.47 Å². The minimum Gasteiger partial charge on any atom is -0.496 e. The summed E-state index contributed by atoms with van der Waals surface area (Å²) in [4.78, 5) is 0. The molecule has 6 nitrogen and oxygen atoms in total. The van der Waals surface area contributed by atoms with Crippen LogP contribution in [-0.4, -0.2) is 34.2 Å². The van der Waals surface area contributed by atoms with Crippen LogP contribution in [0.25, 0.3) is 21.8 Å². The highest BCUT2D eigenvalue weighted by Crippen LogP contribution is 2.29. The Morgan fingerprint density at radius 1 is 0.960 bits per heavy atom. The first-order valence-corrected chi connectivity index (χ1v) is 8.94. The molecule has 0 aliphatic carbocycles. The fourth-order valence-electron chi connectivity index (χ4n) is 2.50. The van der Waals surface area contributed by atoms with Crippen LogP contribution in [0.1, 0.15) is 0 Å². The van der Waals surface area contributed by atoms with Crippen LogP contribution >= 0.6 is 31.9 Å². The van der Waals surface area contributed by atoms with Crippen molar-refractivity contribution in [3.8, 4) is 11.5 Å². The van der Waals surface area contributed by atoms with Gasteiger partial charge in [-0.05, 0) is 24.3 Å². The third kappa shape index (κ3) is 3.80. The fraction of sp³-hybridized carbons (Fsp3) is 0.176. The molecule has 2 aromatic heterocycles. The number of methoxy groups -OCH3 is 2. The van der Waals surface area contributed by atoms with Crippen LogP contribution in [0.5, 0.6) is 11.5 Å². The Balaban J connectivity index is 0.000000146. The zero-order chi connectivity index (χ0) is 18.0. The summed E-state index contributed by atoms with van der Waals surface area (Å²) in [7, 11) is 5.20. The first-order chi connectivity index (χ1) is 12.0. The van der Waals surface area contributed by atoms with Crippen LogP contribution in [0, 0.1) is 0 Å². The van der Waals surface area contributed by atoms with Crippen LogP contribution in [0.15, 0.2) is 45.6 Å². The van der Waals surface area contributed by atoms with E-state index >= 15 is 0 Å². The van der Waals surface area contributed by atoms with Crippen molar-refractivity contribution in [2.45, 2.75) is 0 Å². The third-order valence-electron chi connectivity index (χ3n) is 3.59. The summed E-state index contributed by atoms with van der Waals surface area (Å²) in [5.74, 6) is 1.67. The van der Waals surface area contributed by atoms with Gasteiger partial charge in [0.1, 0.15) is 11.5 Å². The predicted octanol–water partition coefficient (Wildman–Crippen LogP) is 4.68. The number of H-pyrrole nitrogens is 1. The van der Waals surface area contributed by atoms with Crippen molar-refractivity contribution in [2.24, 2.45) is 7.05 Å². The molecule has 0 amide bonds. The number of rotatable bonds is 2. The highest BCUT2D eigenvalue weighted by molar-refractivity contribution is 9.10. The first-order valence-electron chi connectivity index (χ1n) is 7.35. The summed E-state index contributed by atoms with van der Waals surface area (Å²) in [6.45, 7) is 0. The molecule has 2 heterocycles. The van der Waals surface area contributed by atoms with Crippen molar-refractivity contribution in [3.05, 3.63) is 45.6 Å². The number of aromatic nitrogens is 4. The maximum Gasteiger partial charge on any atom is 0.130 e. The Bertz CT molecular complexity index is 1030. The Morgan fingerprint density at radius 3 is 2.28 bits per heavy atom. The average Bonchev–Trinajstić information content (AvgIpc) is 3.19. The molecular weight excluding hydrogens is 452 g/mol. The largest absolute Gasteiger partial charge is 0.496 e. The van der Waals surface area contributed by atoms with Gasteiger partial charge in [-0.1, -0.05) is 31.9 Å². The van der Waals surface area contributed by atoms with Gasteiger partial charge < -0.3 is 9.47 Å². The van der Waals surface area contributed by atoms with E-state index in [9.17, 15) is 0 Å². The van der Waals surface area contributed by atoms with Crippen molar-refractivity contribution >= 4 is 53.7 Å². The van der Waals surface area contributed by atoms with Crippen molar-refractivity contribution in [2.75, 3.05) is 14.2 Å². The number of hydrogen-bond acceptors (Lipinski definition) is 4. The Labute approximate surface area is 161 Å². The molecule has 0 saturated heterocycles. The van der Waals surface area contributed by atoms with E-state index in [2.05, 4.69) is 47.2 Å². The van der Waals surface area contributed by atoms with E-state index in [4.69, 9.17) is 9.47 Å². The van der Waals surface area contributed by atoms with E-state index in [1.807, 2.05) is 37.5 Å². The summed E-state index contributed by atoms with van der Waals surface area (Å²) >= 11 is 6.79. The summed E-state index contributed by atoms with van der Waals surface area (Å²) < 4.78 is 14.2. The number of aromatic amines is 1. The van der Waals surface area contributed by atoms with Crippen molar-refractivity contribution < 1.29 is 9.47 Å². The summed E-state index contributed by atoms with van der Waals surface area (Å²) in [6.07, 6.45) is 3.70. The van der Waals surface area contributed by atoms with E-state index in [-0.39, 0.29) is 0 Å². The number of nitrogens with zero attached hydrogens (tertiary/aromatic N) is 3. The van der Waals surface area contributed by atoms with E-state index in [0.717, 1.165) is 42.3 Å². The molecule has 0 aliphatic rings. The molecule has 0 aliphatic heterocycles. The molecule has 0 unspecified atom stereocenters. The van der Waals surface area contributed by atoms with Gasteiger partial charge in [-0.25, -0.2) is 0 Å². The van der Waals surface area contributed by atoms with E-state index in [1.165, 1.54) is 0 Å². The fourth-order valence-corrected chi connectivity index (χ4v) is 3.36. The Kier molecular flexibility index (Phi) is 5.29. The van der Waals surface area contributed by atoms with Crippen LogP contribution in [-0.2, 0) is 7.05 Å². The minimum absolute atomic E-state index is 0.827. The molecule has 0 bridgehead atoms. The predicted molar refractivity (Wildman–Crippen MR) is 105 cm³/mol. The number of ether oxygens (including phenoxy) is 2. The van der Waals surface area contributed by atoms with E-state index < -0.39 is 0 Å². The molecule has 130 valence electrons. The number of nitrogens with one attached hydrogen (secondary N) is 1. The van der Waals surface area contributed by atoms with E-state index in [0.29, 0.717) is 0 Å². The van der Waals surface area contributed by atoms with Gasteiger partial charge in [-0.15, -0.1) is 0 Å². The molecule has 0 fully saturated rings. The monoisotopic (exact) mass is 466 g/mol. The second-order valence-corrected chi connectivity index (χ2v) is 7.11. The van der Waals surface area contributed by atoms with E-state index in [1.54, 1.807) is 25.1 Å². The number of hydrogen-bond donors (Lipinski definition) is 1. The third-order valence-corrected chi connectivity index (χ3v) is 4.51. The number of benzene rings is 2. The minimum atomic E-state index is 0.827. The highest BCUT2D eigenvalue weighted by Gasteiger charge is 2.06. The van der Waals surface area contributed by atoms with Gasteiger partial charge in [0.25, 0.3) is 0 Å². The highest BCUT2D eigenvalue weighted by atomic mass is 79.9. The number of aryl methyl sites for hydroxylation is 1. The quantitative estimate of drug-likeness (QED) is 0.464. The topological polar surface area (TPSA) is 65.0 Å². The van der Waals surface area contributed by atoms with Crippen molar-refractivity contribution in [1.82, 2.24) is 20.0 Å². The second kappa shape index (κ2) is 7.45. The molecule has 4 aromatic rings. The lowest BCUT2D eigenvalue weighted by Crippen LogP contribution is -1.84. The molecule has 0 atom stereocenters. The van der Waals surface area contributed by atoms with Gasteiger partial charge in [0, 0.05) is 22.2 Å². The summed E-state index contributed by atoms with van der Waals surface area (Å²) in [5.41, 5.74) is 1.91. The zero-order valence-corrected chi connectivity index (χ0v) is 17.1. The lowest BCUT2D eigenvalue weighted by atomic mass is 10.2. The molecule has 1 N–H and O–H groups in total. The normalized spacial score (nSPS) is 10.6. The van der Waals surface area contributed by atoms with Crippen molar-refractivity contribution in [3.63, 3.8) is 0 Å². The molecule has 4 rings (SSSR count). The molecule has 0 spiro atoms. The van der Waals surface area contributed by atoms with Crippen LogP contribution in [0.3, 0.4) is 0 Å². The van der Waals surface area contributed by atoms with Gasteiger partial charge in [0.05, 0.1) is 42.2 Å². The maximum atomic E-state index is 5.24. The Hall–Kier alpha value is -2.06. The second-order valence-electron chi connectivity index (χ2n) is 5.28. The molecule has 0 radical (unpaired) electrons. The standard InChI is InChI=1S/C9H9BrN2O.C8H7BrN2O/c1-12-5-7-8(11-12)3-6(10)4-9(7)13-2;1-12-8-3-5(9)2-7-6(8)4-10-11-7/h3-5H,1-2H3;2-4H,1H3,(H,10,11). The smallest absolute Gasteiger partial charge is 0.130 e. The summed E-state index contributed by atoms with van der Waals surface area (Å²) in [5, 5.41) is 13.1. The zero-order valence-electron chi connectivity index (χ0n) is 13.9. The Morgan fingerprint density at radius 2 is 1.60 bits per heavy atom. The average molecular weight is 468 g/mol. The molecule has 25 heavy (non-hydrogen) atoms. The molecule has 8 heteroatoms. The lowest BCUT2D eigenvalue weighted by molar-refractivity contribution is 0.419.